The third-order valence-corrected chi connectivity index (χ3v) is 4.50. The minimum absolute atomic E-state index is 0.0480. The van der Waals surface area contributed by atoms with Gasteiger partial charge in [0.05, 0.1) is 5.56 Å². The Labute approximate surface area is 116 Å². The Kier molecular flexibility index (Phi) is 4.39. The number of halogens is 1. The summed E-state index contributed by atoms with van der Waals surface area (Å²) in [5, 5.41) is 6.40. The molecule has 4 heteroatoms. The Morgan fingerprint density at radius 1 is 1.53 bits per heavy atom. The zero-order valence-corrected chi connectivity index (χ0v) is 12.1. The Hall–Kier alpha value is -0.620. The van der Waals surface area contributed by atoms with Gasteiger partial charge in [0, 0.05) is 16.2 Å². The summed E-state index contributed by atoms with van der Waals surface area (Å²) >= 11 is 2.24. The Morgan fingerprint density at radius 2 is 2.35 bits per heavy atom. The van der Waals surface area contributed by atoms with E-state index >= 15 is 0 Å². The van der Waals surface area contributed by atoms with Gasteiger partial charge in [-0.1, -0.05) is 12.1 Å². The zero-order chi connectivity index (χ0) is 12.3. The molecule has 1 saturated heterocycles. The Morgan fingerprint density at radius 3 is 3.06 bits per heavy atom. The zero-order valence-electron chi connectivity index (χ0n) is 9.92. The summed E-state index contributed by atoms with van der Waals surface area (Å²) < 4.78 is 1.05. The number of carbonyl (C=O) groups excluding carboxylic acids is 1. The summed E-state index contributed by atoms with van der Waals surface area (Å²) in [7, 11) is 0. The van der Waals surface area contributed by atoms with Crippen LogP contribution in [0.5, 0.6) is 0 Å². The van der Waals surface area contributed by atoms with Crippen molar-refractivity contribution in [2.24, 2.45) is 0 Å². The molecule has 1 aromatic carbocycles. The molecule has 3 nitrogen and oxygen atoms in total. The first-order valence-electron chi connectivity index (χ1n) is 5.95. The van der Waals surface area contributed by atoms with Crippen LogP contribution < -0.4 is 10.6 Å². The maximum Gasteiger partial charge on any atom is 0.252 e. The van der Waals surface area contributed by atoms with Crippen LogP contribution in [0.3, 0.4) is 0 Å². The fourth-order valence-corrected chi connectivity index (χ4v) is 2.67. The van der Waals surface area contributed by atoms with Crippen LogP contribution in [0.4, 0.5) is 0 Å². The van der Waals surface area contributed by atoms with E-state index in [-0.39, 0.29) is 11.9 Å². The van der Waals surface area contributed by atoms with Crippen LogP contribution in [0.15, 0.2) is 18.2 Å². The van der Waals surface area contributed by atoms with E-state index in [1.54, 1.807) is 0 Å². The number of hydrogen-bond donors (Lipinski definition) is 2. The molecule has 0 aliphatic carbocycles. The second kappa shape index (κ2) is 5.82. The molecule has 1 fully saturated rings. The predicted octanol–water partition coefficient (Wildman–Crippen LogP) is 2.08. The van der Waals surface area contributed by atoms with Gasteiger partial charge < -0.3 is 10.6 Å². The fraction of sp³-hybridized carbons (Fsp3) is 0.462. The number of hydrogen-bond acceptors (Lipinski definition) is 2. The van der Waals surface area contributed by atoms with E-state index in [9.17, 15) is 4.79 Å². The SMILES string of the molecule is Cc1cccc(C(=O)N[C@H]2CCCNC2)c1I. The van der Waals surface area contributed by atoms with Crippen molar-refractivity contribution in [2.45, 2.75) is 25.8 Å². The average Bonchev–Trinajstić information content (AvgIpc) is 2.34. The van der Waals surface area contributed by atoms with Gasteiger partial charge in [0.15, 0.2) is 0 Å². The third kappa shape index (κ3) is 3.19. The number of benzene rings is 1. The molecular weight excluding hydrogens is 327 g/mol. The second-order valence-corrected chi connectivity index (χ2v) is 5.53. The quantitative estimate of drug-likeness (QED) is 0.807. The van der Waals surface area contributed by atoms with Gasteiger partial charge in [0.2, 0.25) is 0 Å². The lowest BCUT2D eigenvalue weighted by atomic mass is 10.1. The first-order valence-corrected chi connectivity index (χ1v) is 7.03. The van der Waals surface area contributed by atoms with Gasteiger partial charge in [-0.15, -0.1) is 0 Å². The maximum absolute atomic E-state index is 12.1. The van der Waals surface area contributed by atoms with E-state index in [2.05, 4.69) is 33.2 Å². The third-order valence-electron chi connectivity index (χ3n) is 3.07. The van der Waals surface area contributed by atoms with Crippen molar-refractivity contribution in [3.8, 4) is 0 Å². The highest BCUT2D eigenvalue weighted by atomic mass is 127. The van der Waals surface area contributed by atoms with Crippen molar-refractivity contribution in [1.82, 2.24) is 10.6 Å². The summed E-state index contributed by atoms with van der Waals surface area (Å²) in [5.41, 5.74) is 1.94. The summed E-state index contributed by atoms with van der Waals surface area (Å²) in [5.74, 6) is 0.0480. The summed E-state index contributed by atoms with van der Waals surface area (Å²) in [6.07, 6.45) is 2.21. The molecule has 92 valence electrons. The van der Waals surface area contributed by atoms with Crippen LogP contribution in [0.25, 0.3) is 0 Å². The van der Waals surface area contributed by atoms with Gasteiger partial charge in [-0.3, -0.25) is 4.79 Å². The molecule has 1 amide bonds. The van der Waals surface area contributed by atoms with Crippen LogP contribution in [-0.2, 0) is 0 Å². The highest BCUT2D eigenvalue weighted by Gasteiger charge is 2.18. The van der Waals surface area contributed by atoms with Crippen LogP contribution in [0.1, 0.15) is 28.8 Å². The molecule has 2 N–H and O–H groups in total. The average molecular weight is 344 g/mol. The van der Waals surface area contributed by atoms with Crippen LogP contribution in [0, 0.1) is 10.5 Å². The number of amides is 1. The summed E-state index contributed by atoms with van der Waals surface area (Å²) in [6, 6.07) is 6.12. The fourth-order valence-electron chi connectivity index (χ4n) is 2.06. The van der Waals surface area contributed by atoms with Gasteiger partial charge in [0.25, 0.3) is 5.91 Å². The highest BCUT2D eigenvalue weighted by Crippen LogP contribution is 2.17. The Balaban J connectivity index is 2.06. The standard InChI is InChI=1S/C13H17IN2O/c1-9-4-2-6-11(12(9)14)13(17)16-10-5-3-7-15-8-10/h2,4,6,10,15H,3,5,7-8H2,1H3,(H,16,17)/t10-/m0/s1. The monoisotopic (exact) mass is 344 g/mol. The normalized spacial score (nSPS) is 20.0. The van der Waals surface area contributed by atoms with Crippen LogP contribution >= 0.6 is 22.6 Å². The van der Waals surface area contributed by atoms with Crippen molar-refractivity contribution in [1.29, 1.82) is 0 Å². The predicted molar refractivity (Wildman–Crippen MR) is 77.3 cm³/mol. The van der Waals surface area contributed by atoms with E-state index in [1.165, 1.54) is 0 Å². The molecule has 1 aliphatic heterocycles. The first-order chi connectivity index (χ1) is 8.18. The Bertz CT molecular complexity index is 414. The van der Waals surface area contributed by atoms with Gasteiger partial charge in [-0.2, -0.15) is 0 Å². The topological polar surface area (TPSA) is 41.1 Å². The molecule has 0 radical (unpaired) electrons. The molecule has 1 atom stereocenters. The van der Waals surface area contributed by atoms with E-state index in [1.807, 2.05) is 25.1 Å². The van der Waals surface area contributed by atoms with Gasteiger partial charge in [-0.05, 0) is 60.5 Å². The van der Waals surface area contributed by atoms with Crippen molar-refractivity contribution in [2.75, 3.05) is 13.1 Å². The maximum atomic E-state index is 12.1. The lowest BCUT2D eigenvalue weighted by molar-refractivity contribution is 0.0929. The minimum atomic E-state index is 0.0480. The van der Waals surface area contributed by atoms with Gasteiger partial charge in [0.1, 0.15) is 0 Å². The van der Waals surface area contributed by atoms with E-state index in [0.717, 1.165) is 40.6 Å². The molecule has 0 saturated carbocycles. The summed E-state index contributed by atoms with van der Waals surface area (Å²) in [6.45, 7) is 3.98. The lowest BCUT2D eigenvalue weighted by Gasteiger charge is -2.24. The van der Waals surface area contributed by atoms with Crippen LogP contribution in [-0.4, -0.2) is 25.0 Å². The van der Waals surface area contributed by atoms with Gasteiger partial charge in [-0.25, -0.2) is 0 Å². The number of aryl methyl sites for hydroxylation is 1. The minimum Gasteiger partial charge on any atom is -0.348 e. The van der Waals surface area contributed by atoms with Crippen molar-refractivity contribution in [3.05, 3.63) is 32.9 Å². The molecule has 1 aromatic rings. The molecule has 2 rings (SSSR count). The van der Waals surface area contributed by atoms with Crippen molar-refractivity contribution < 1.29 is 4.79 Å². The largest absolute Gasteiger partial charge is 0.348 e. The number of carbonyl (C=O) groups is 1. The molecule has 1 heterocycles. The van der Waals surface area contributed by atoms with Gasteiger partial charge >= 0.3 is 0 Å². The van der Waals surface area contributed by atoms with E-state index < -0.39 is 0 Å². The van der Waals surface area contributed by atoms with Crippen molar-refractivity contribution in [3.63, 3.8) is 0 Å². The number of rotatable bonds is 2. The number of piperidine rings is 1. The van der Waals surface area contributed by atoms with Crippen molar-refractivity contribution >= 4 is 28.5 Å². The second-order valence-electron chi connectivity index (χ2n) is 4.45. The number of nitrogens with one attached hydrogen (secondary N) is 2. The highest BCUT2D eigenvalue weighted by molar-refractivity contribution is 14.1. The first kappa shape index (κ1) is 12.8. The molecule has 0 spiro atoms. The lowest BCUT2D eigenvalue weighted by Crippen LogP contribution is -2.45. The smallest absolute Gasteiger partial charge is 0.252 e. The summed E-state index contributed by atoms with van der Waals surface area (Å²) in [4.78, 5) is 12.1. The molecular formula is C13H17IN2O. The van der Waals surface area contributed by atoms with Crippen LogP contribution in [0.2, 0.25) is 0 Å². The molecule has 0 unspecified atom stereocenters. The molecule has 1 aliphatic rings. The van der Waals surface area contributed by atoms with E-state index in [0.29, 0.717) is 0 Å². The molecule has 0 aromatic heterocycles. The molecule has 0 bridgehead atoms. The van der Waals surface area contributed by atoms with E-state index in [4.69, 9.17) is 0 Å². The molecule has 17 heavy (non-hydrogen) atoms.